The molecule has 0 aliphatic heterocycles. The normalized spacial score (nSPS) is 15.4. The second kappa shape index (κ2) is 6.33. The zero-order valence-electron chi connectivity index (χ0n) is 12.7. The van der Waals surface area contributed by atoms with Crippen molar-refractivity contribution in [3.8, 4) is 0 Å². The van der Waals surface area contributed by atoms with Gasteiger partial charge in [0.15, 0.2) is 0 Å². The van der Waals surface area contributed by atoms with Crippen LogP contribution in [0, 0.1) is 18.3 Å². The van der Waals surface area contributed by atoms with Crippen molar-refractivity contribution >= 4 is 0 Å². The highest BCUT2D eigenvalue weighted by atomic mass is 14.9. The number of nitrogens with one attached hydrogen (secondary N) is 1. The average Bonchev–Trinajstić information content (AvgIpc) is 2.25. The van der Waals surface area contributed by atoms with Crippen LogP contribution in [0.15, 0.2) is 18.3 Å². The number of aryl methyl sites for hydroxylation is 1. The van der Waals surface area contributed by atoms with Gasteiger partial charge in [0.25, 0.3) is 0 Å². The second-order valence-electron chi connectivity index (χ2n) is 6.68. The molecule has 0 aromatic carbocycles. The van der Waals surface area contributed by atoms with Crippen LogP contribution in [0.4, 0.5) is 0 Å². The largest absolute Gasteiger partial charge is 0.313 e. The summed E-state index contributed by atoms with van der Waals surface area (Å²) in [5.41, 5.74) is 2.78. The van der Waals surface area contributed by atoms with E-state index in [1.54, 1.807) is 0 Å². The molecule has 1 heterocycles. The van der Waals surface area contributed by atoms with Crippen molar-refractivity contribution in [2.24, 2.45) is 11.3 Å². The van der Waals surface area contributed by atoms with Gasteiger partial charge in [0.1, 0.15) is 0 Å². The van der Waals surface area contributed by atoms with Crippen LogP contribution in [0.2, 0.25) is 0 Å². The summed E-state index contributed by atoms with van der Waals surface area (Å²) in [6, 6.07) is 4.69. The van der Waals surface area contributed by atoms with Crippen LogP contribution in [0.3, 0.4) is 0 Å². The third kappa shape index (κ3) is 5.18. The molecule has 0 spiro atoms. The van der Waals surface area contributed by atoms with E-state index in [1.165, 1.54) is 18.4 Å². The maximum Gasteiger partial charge on any atom is 0.0372 e. The van der Waals surface area contributed by atoms with E-state index in [0.717, 1.165) is 5.69 Å². The van der Waals surface area contributed by atoms with Gasteiger partial charge in [-0.3, -0.25) is 4.98 Å². The van der Waals surface area contributed by atoms with Gasteiger partial charge in [0.05, 0.1) is 0 Å². The summed E-state index contributed by atoms with van der Waals surface area (Å²) in [4.78, 5) is 4.39. The van der Waals surface area contributed by atoms with E-state index < -0.39 is 0 Å². The number of aromatic nitrogens is 1. The van der Waals surface area contributed by atoms with Gasteiger partial charge < -0.3 is 5.32 Å². The summed E-state index contributed by atoms with van der Waals surface area (Å²) in [7, 11) is 2.04. The first-order chi connectivity index (χ1) is 8.31. The van der Waals surface area contributed by atoms with Crippen molar-refractivity contribution in [1.29, 1.82) is 0 Å². The molecular weight excluding hydrogens is 220 g/mol. The van der Waals surface area contributed by atoms with Gasteiger partial charge in [-0.05, 0) is 49.8 Å². The summed E-state index contributed by atoms with van der Waals surface area (Å²) in [5, 5.41) is 3.41. The fourth-order valence-electron chi connectivity index (χ4n) is 2.64. The minimum atomic E-state index is 0.406. The number of pyridine rings is 1. The lowest BCUT2D eigenvalue weighted by atomic mass is 9.82. The van der Waals surface area contributed by atoms with Crippen LogP contribution in [0.25, 0.3) is 0 Å². The van der Waals surface area contributed by atoms with E-state index in [-0.39, 0.29) is 0 Å². The summed E-state index contributed by atoms with van der Waals surface area (Å²) in [6.07, 6.45) is 4.42. The molecule has 1 aromatic rings. The summed E-state index contributed by atoms with van der Waals surface area (Å²) < 4.78 is 0. The third-order valence-electron chi connectivity index (χ3n) is 3.28. The van der Waals surface area contributed by atoms with Crippen molar-refractivity contribution in [2.45, 2.75) is 53.5 Å². The zero-order valence-corrected chi connectivity index (χ0v) is 12.7. The molecule has 0 saturated carbocycles. The summed E-state index contributed by atoms with van der Waals surface area (Å²) >= 11 is 0. The van der Waals surface area contributed by atoms with Gasteiger partial charge in [-0.2, -0.15) is 0 Å². The quantitative estimate of drug-likeness (QED) is 0.848. The molecule has 0 aliphatic rings. The average molecular weight is 248 g/mol. The Hall–Kier alpha value is -0.890. The van der Waals surface area contributed by atoms with E-state index in [2.05, 4.69) is 50.1 Å². The monoisotopic (exact) mass is 248 g/mol. The standard InChI is InChI=1S/C16H28N2/c1-12(10-16(3,4)5)9-15(17-6)14-8-7-13(2)18-11-14/h7-8,11-12,15,17H,9-10H2,1-6H3. The van der Waals surface area contributed by atoms with Crippen LogP contribution in [0.1, 0.15) is 57.8 Å². The number of rotatable bonds is 5. The molecule has 0 saturated heterocycles. The van der Waals surface area contributed by atoms with E-state index >= 15 is 0 Å². The molecule has 0 radical (unpaired) electrons. The lowest BCUT2D eigenvalue weighted by Gasteiger charge is -2.26. The van der Waals surface area contributed by atoms with E-state index in [9.17, 15) is 0 Å². The van der Waals surface area contributed by atoms with Crippen LogP contribution in [-0.4, -0.2) is 12.0 Å². The number of hydrogen-bond donors (Lipinski definition) is 1. The Morgan fingerprint density at radius 3 is 2.39 bits per heavy atom. The van der Waals surface area contributed by atoms with Gasteiger partial charge in [-0.25, -0.2) is 0 Å². The molecule has 18 heavy (non-hydrogen) atoms. The van der Waals surface area contributed by atoms with Crippen molar-refractivity contribution < 1.29 is 0 Å². The molecule has 0 bridgehead atoms. The third-order valence-corrected chi connectivity index (χ3v) is 3.28. The van der Waals surface area contributed by atoms with Gasteiger partial charge in [-0.1, -0.05) is 33.8 Å². The Morgan fingerprint density at radius 1 is 1.28 bits per heavy atom. The molecule has 102 valence electrons. The lowest BCUT2D eigenvalue weighted by Crippen LogP contribution is -2.21. The molecule has 1 rings (SSSR count). The Balaban J connectivity index is 2.64. The zero-order chi connectivity index (χ0) is 13.8. The first-order valence-corrected chi connectivity index (χ1v) is 6.91. The van der Waals surface area contributed by atoms with Crippen LogP contribution >= 0.6 is 0 Å². The van der Waals surface area contributed by atoms with E-state index in [0.29, 0.717) is 17.4 Å². The Kier molecular flexibility index (Phi) is 5.33. The molecule has 2 unspecified atom stereocenters. The maximum absolute atomic E-state index is 4.39. The molecule has 2 nitrogen and oxygen atoms in total. The Bertz CT molecular complexity index is 348. The van der Waals surface area contributed by atoms with Gasteiger partial charge in [-0.15, -0.1) is 0 Å². The molecule has 1 aromatic heterocycles. The summed E-state index contributed by atoms with van der Waals surface area (Å²) in [5.74, 6) is 0.712. The minimum Gasteiger partial charge on any atom is -0.313 e. The highest BCUT2D eigenvalue weighted by Crippen LogP contribution is 2.30. The summed E-state index contributed by atoms with van der Waals surface area (Å²) in [6.45, 7) is 11.3. The van der Waals surface area contributed by atoms with Crippen molar-refractivity contribution in [1.82, 2.24) is 10.3 Å². The van der Waals surface area contributed by atoms with E-state index in [4.69, 9.17) is 0 Å². The maximum atomic E-state index is 4.39. The fraction of sp³-hybridized carbons (Fsp3) is 0.688. The lowest BCUT2D eigenvalue weighted by molar-refractivity contribution is 0.279. The van der Waals surface area contributed by atoms with Crippen molar-refractivity contribution in [3.63, 3.8) is 0 Å². The molecule has 0 aliphatic carbocycles. The Morgan fingerprint density at radius 2 is 1.94 bits per heavy atom. The topological polar surface area (TPSA) is 24.9 Å². The van der Waals surface area contributed by atoms with Crippen molar-refractivity contribution in [3.05, 3.63) is 29.6 Å². The number of nitrogens with zero attached hydrogens (tertiary/aromatic N) is 1. The van der Waals surface area contributed by atoms with Crippen molar-refractivity contribution in [2.75, 3.05) is 7.05 Å². The fourth-order valence-corrected chi connectivity index (χ4v) is 2.64. The minimum absolute atomic E-state index is 0.406. The molecule has 2 heteroatoms. The predicted molar refractivity (Wildman–Crippen MR) is 78.6 cm³/mol. The molecule has 1 N–H and O–H groups in total. The Labute approximate surface area is 112 Å². The highest BCUT2D eigenvalue weighted by Gasteiger charge is 2.19. The van der Waals surface area contributed by atoms with Gasteiger partial charge in [0.2, 0.25) is 0 Å². The van der Waals surface area contributed by atoms with Crippen LogP contribution in [-0.2, 0) is 0 Å². The molecular formula is C16H28N2. The van der Waals surface area contributed by atoms with Crippen LogP contribution < -0.4 is 5.32 Å². The molecule has 0 fully saturated rings. The number of hydrogen-bond acceptors (Lipinski definition) is 2. The second-order valence-corrected chi connectivity index (χ2v) is 6.68. The highest BCUT2D eigenvalue weighted by molar-refractivity contribution is 5.17. The first-order valence-electron chi connectivity index (χ1n) is 6.91. The van der Waals surface area contributed by atoms with Crippen LogP contribution in [0.5, 0.6) is 0 Å². The smallest absolute Gasteiger partial charge is 0.0372 e. The van der Waals surface area contributed by atoms with Gasteiger partial charge >= 0.3 is 0 Å². The SMILES string of the molecule is CNC(CC(C)CC(C)(C)C)c1ccc(C)nc1. The van der Waals surface area contributed by atoms with Gasteiger partial charge in [0, 0.05) is 17.9 Å². The van der Waals surface area contributed by atoms with E-state index in [1.807, 2.05) is 20.2 Å². The first kappa shape index (κ1) is 15.2. The molecule has 0 amide bonds. The predicted octanol–water partition coefficient (Wildman–Crippen LogP) is 4.11. The molecule has 2 atom stereocenters.